The zero-order chi connectivity index (χ0) is 11.5. The van der Waals surface area contributed by atoms with E-state index in [4.69, 9.17) is 5.26 Å². The number of carbonyl (C=O) groups is 1. The summed E-state index contributed by atoms with van der Waals surface area (Å²) in [5, 5.41) is 8.59. The van der Waals surface area contributed by atoms with E-state index in [1.54, 1.807) is 11.9 Å². The van der Waals surface area contributed by atoms with Crippen molar-refractivity contribution in [3.05, 3.63) is 18.1 Å². The van der Waals surface area contributed by atoms with Gasteiger partial charge in [-0.15, -0.1) is 0 Å². The van der Waals surface area contributed by atoms with E-state index in [0.29, 0.717) is 18.9 Å². The first kappa shape index (κ1) is 10.4. The lowest BCUT2D eigenvalue weighted by Gasteiger charge is -2.32. The van der Waals surface area contributed by atoms with Crippen LogP contribution in [-0.2, 0) is 4.79 Å². The van der Waals surface area contributed by atoms with E-state index >= 15 is 0 Å². The smallest absolute Gasteiger partial charge is 0.241 e. The Labute approximate surface area is 93.1 Å². The summed E-state index contributed by atoms with van der Waals surface area (Å²) in [6, 6.07) is 1.91. The lowest BCUT2D eigenvalue weighted by molar-refractivity contribution is -0.129. The topological polar surface area (TPSA) is 73.1 Å². The van der Waals surface area contributed by atoms with Crippen molar-refractivity contribution in [1.82, 2.24) is 14.9 Å². The van der Waals surface area contributed by atoms with Gasteiger partial charge in [0.1, 0.15) is 11.9 Å². The molecule has 2 rings (SSSR count). The average molecular weight is 217 g/mol. The Balaban J connectivity index is 2.13. The number of piperazine rings is 1. The molecule has 6 heteroatoms. The molecule has 1 saturated heterocycles. The molecular formula is C10H11N5O. The van der Waals surface area contributed by atoms with Crippen molar-refractivity contribution in [3.63, 3.8) is 0 Å². The second kappa shape index (κ2) is 4.14. The third-order valence-electron chi connectivity index (χ3n) is 2.53. The van der Waals surface area contributed by atoms with Gasteiger partial charge in [0.05, 0.1) is 18.9 Å². The maximum absolute atomic E-state index is 11.5. The van der Waals surface area contributed by atoms with Crippen LogP contribution < -0.4 is 4.90 Å². The molecule has 0 aliphatic carbocycles. The van der Waals surface area contributed by atoms with Gasteiger partial charge in [-0.2, -0.15) is 5.26 Å². The minimum absolute atomic E-state index is 0.0670. The third-order valence-corrected chi connectivity index (χ3v) is 2.53. The van der Waals surface area contributed by atoms with Gasteiger partial charge in [-0.05, 0) is 0 Å². The van der Waals surface area contributed by atoms with E-state index in [1.165, 1.54) is 12.4 Å². The predicted octanol–water partition coefficient (Wildman–Crippen LogP) is -0.373. The first-order chi connectivity index (χ1) is 7.70. The number of rotatable bonds is 1. The van der Waals surface area contributed by atoms with Crippen LogP contribution in [-0.4, -0.2) is 47.5 Å². The number of likely N-dealkylation sites (N-methyl/N-ethyl adjacent to an activating group) is 1. The monoisotopic (exact) mass is 217 g/mol. The first-order valence-electron chi connectivity index (χ1n) is 4.92. The predicted molar refractivity (Wildman–Crippen MR) is 56.6 cm³/mol. The molecule has 0 unspecified atom stereocenters. The molecule has 0 bridgehead atoms. The molecule has 1 fully saturated rings. The molecule has 0 aromatic carbocycles. The SMILES string of the molecule is CN1CCN(c2cnc(C#N)cn2)CC1=O. The molecule has 1 aliphatic rings. The van der Waals surface area contributed by atoms with E-state index in [0.717, 1.165) is 6.54 Å². The van der Waals surface area contributed by atoms with Crippen LogP contribution in [0.15, 0.2) is 12.4 Å². The van der Waals surface area contributed by atoms with Crippen molar-refractivity contribution < 1.29 is 4.79 Å². The van der Waals surface area contributed by atoms with Crippen LogP contribution >= 0.6 is 0 Å². The van der Waals surface area contributed by atoms with Gasteiger partial charge in [0.2, 0.25) is 5.91 Å². The Hall–Kier alpha value is -2.16. The summed E-state index contributed by atoms with van der Waals surface area (Å²) in [4.78, 5) is 23.1. The van der Waals surface area contributed by atoms with Gasteiger partial charge in [-0.3, -0.25) is 4.79 Å². The maximum atomic E-state index is 11.5. The zero-order valence-electron chi connectivity index (χ0n) is 8.92. The van der Waals surface area contributed by atoms with Crippen LogP contribution in [0.1, 0.15) is 5.69 Å². The molecular weight excluding hydrogens is 206 g/mol. The van der Waals surface area contributed by atoms with Crippen molar-refractivity contribution in [1.29, 1.82) is 5.26 Å². The third kappa shape index (κ3) is 1.93. The van der Waals surface area contributed by atoms with Gasteiger partial charge in [0, 0.05) is 20.1 Å². The maximum Gasteiger partial charge on any atom is 0.241 e. The standard InChI is InChI=1S/C10H11N5O/c1-14-2-3-15(7-10(14)16)9-6-12-8(4-11)5-13-9/h5-6H,2-3,7H2,1H3. The molecule has 1 aromatic rings. The van der Waals surface area contributed by atoms with Crippen molar-refractivity contribution >= 4 is 11.7 Å². The zero-order valence-corrected chi connectivity index (χ0v) is 8.92. The molecule has 0 radical (unpaired) electrons. The summed E-state index contributed by atoms with van der Waals surface area (Å²) in [6.45, 7) is 1.74. The summed E-state index contributed by atoms with van der Waals surface area (Å²) in [5.74, 6) is 0.706. The number of nitriles is 1. The minimum atomic E-state index is 0.0670. The van der Waals surface area contributed by atoms with E-state index in [2.05, 4.69) is 9.97 Å². The molecule has 1 aliphatic heterocycles. The Kier molecular flexibility index (Phi) is 2.68. The lowest BCUT2D eigenvalue weighted by Crippen LogP contribution is -2.48. The molecule has 1 amide bonds. The number of carbonyl (C=O) groups excluding carboxylic acids is 1. The number of hydrogen-bond donors (Lipinski definition) is 0. The molecule has 2 heterocycles. The normalized spacial score (nSPS) is 16.1. The number of hydrogen-bond acceptors (Lipinski definition) is 5. The average Bonchev–Trinajstić information content (AvgIpc) is 2.33. The van der Waals surface area contributed by atoms with Crippen LogP contribution in [0.4, 0.5) is 5.82 Å². The first-order valence-corrected chi connectivity index (χ1v) is 4.92. The lowest BCUT2D eigenvalue weighted by atomic mass is 10.3. The van der Waals surface area contributed by atoms with Crippen LogP contribution in [0.5, 0.6) is 0 Å². The fraction of sp³-hybridized carbons (Fsp3) is 0.400. The van der Waals surface area contributed by atoms with Gasteiger partial charge < -0.3 is 9.80 Å². The van der Waals surface area contributed by atoms with Gasteiger partial charge >= 0.3 is 0 Å². The van der Waals surface area contributed by atoms with E-state index < -0.39 is 0 Å². The van der Waals surface area contributed by atoms with E-state index in [9.17, 15) is 4.79 Å². The minimum Gasteiger partial charge on any atom is -0.344 e. The number of nitrogens with zero attached hydrogens (tertiary/aromatic N) is 5. The Morgan fingerprint density at radius 2 is 2.19 bits per heavy atom. The van der Waals surface area contributed by atoms with Gasteiger partial charge in [-0.1, -0.05) is 0 Å². The highest BCUT2D eigenvalue weighted by Gasteiger charge is 2.21. The van der Waals surface area contributed by atoms with Crippen LogP contribution in [0.2, 0.25) is 0 Å². The molecule has 1 aromatic heterocycles. The molecule has 6 nitrogen and oxygen atoms in total. The van der Waals surface area contributed by atoms with Gasteiger partial charge in [0.25, 0.3) is 0 Å². The molecule has 0 atom stereocenters. The summed E-state index contributed by atoms with van der Waals surface area (Å²) in [5.41, 5.74) is 0.282. The molecule has 0 spiro atoms. The van der Waals surface area contributed by atoms with E-state index in [-0.39, 0.29) is 11.6 Å². The van der Waals surface area contributed by atoms with Crippen molar-refractivity contribution in [2.75, 3.05) is 31.6 Å². The van der Waals surface area contributed by atoms with Crippen LogP contribution in [0.3, 0.4) is 0 Å². The highest BCUT2D eigenvalue weighted by Crippen LogP contribution is 2.11. The van der Waals surface area contributed by atoms with Crippen molar-refractivity contribution in [2.45, 2.75) is 0 Å². The summed E-state index contributed by atoms with van der Waals surface area (Å²) in [6.07, 6.45) is 2.94. The Morgan fingerprint density at radius 3 is 2.75 bits per heavy atom. The fourth-order valence-corrected chi connectivity index (χ4v) is 1.50. The highest BCUT2D eigenvalue weighted by molar-refractivity contribution is 5.82. The number of anilines is 1. The molecule has 0 N–H and O–H groups in total. The molecule has 0 saturated carbocycles. The van der Waals surface area contributed by atoms with E-state index in [1.807, 2.05) is 11.0 Å². The summed E-state index contributed by atoms with van der Waals surface area (Å²) >= 11 is 0. The fourth-order valence-electron chi connectivity index (χ4n) is 1.50. The number of aromatic nitrogens is 2. The quantitative estimate of drug-likeness (QED) is 0.641. The second-order valence-corrected chi connectivity index (χ2v) is 3.61. The summed E-state index contributed by atoms with van der Waals surface area (Å²) in [7, 11) is 1.78. The van der Waals surface area contributed by atoms with Gasteiger partial charge in [-0.25, -0.2) is 9.97 Å². The van der Waals surface area contributed by atoms with Gasteiger partial charge in [0.15, 0.2) is 5.69 Å². The highest BCUT2D eigenvalue weighted by atomic mass is 16.2. The Bertz CT molecular complexity index is 436. The van der Waals surface area contributed by atoms with Crippen molar-refractivity contribution in [3.8, 4) is 6.07 Å². The molecule has 16 heavy (non-hydrogen) atoms. The summed E-state index contributed by atoms with van der Waals surface area (Å²) < 4.78 is 0. The van der Waals surface area contributed by atoms with Crippen LogP contribution in [0, 0.1) is 11.3 Å². The Morgan fingerprint density at radius 1 is 1.38 bits per heavy atom. The largest absolute Gasteiger partial charge is 0.344 e. The van der Waals surface area contributed by atoms with Crippen molar-refractivity contribution in [2.24, 2.45) is 0 Å². The van der Waals surface area contributed by atoms with Crippen LogP contribution in [0.25, 0.3) is 0 Å². The number of amides is 1. The molecule has 82 valence electrons. The second-order valence-electron chi connectivity index (χ2n) is 3.61.